The van der Waals surface area contributed by atoms with Crippen LogP contribution >= 0.6 is 0 Å². The second-order valence-corrected chi connectivity index (χ2v) is 4.34. The quantitative estimate of drug-likeness (QED) is 0.795. The molecule has 1 aliphatic rings. The summed E-state index contributed by atoms with van der Waals surface area (Å²) in [5.74, 6) is 1.84. The van der Waals surface area contributed by atoms with Gasteiger partial charge in [-0.2, -0.15) is 0 Å². The van der Waals surface area contributed by atoms with Gasteiger partial charge in [0.05, 0.1) is 0 Å². The number of hydrogen-bond acceptors (Lipinski definition) is 5. The molecule has 1 unspecified atom stereocenters. The van der Waals surface area contributed by atoms with Crippen LogP contribution in [0.5, 0.6) is 0 Å². The number of anilines is 2. The third-order valence-corrected chi connectivity index (χ3v) is 3.05. The molecule has 1 aliphatic heterocycles. The average Bonchev–Trinajstić information content (AvgIpc) is 2.67. The summed E-state index contributed by atoms with van der Waals surface area (Å²) in [4.78, 5) is 10.8. The van der Waals surface area contributed by atoms with Crippen molar-refractivity contribution in [1.82, 2.24) is 14.9 Å². The zero-order valence-corrected chi connectivity index (χ0v) is 10.1. The van der Waals surface area contributed by atoms with E-state index in [1.54, 1.807) is 6.33 Å². The molecule has 5 nitrogen and oxygen atoms in total. The standard InChI is InChI=1S/C11H19N5/c1-8-10(12-2)13-7-14-11(8)15-9-4-5-16(3)6-9/h7,9H,4-6H2,1-3H3,(H2,12,13,14,15). The fourth-order valence-electron chi connectivity index (χ4n) is 2.09. The van der Waals surface area contributed by atoms with Gasteiger partial charge < -0.3 is 15.5 Å². The molecule has 1 fully saturated rings. The Morgan fingerprint density at radius 2 is 2.12 bits per heavy atom. The smallest absolute Gasteiger partial charge is 0.134 e. The van der Waals surface area contributed by atoms with E-state index in [-0.39, 0.29) is 0 Å². The lowest BCUT2D eigenvalue weighted by Gasteiger charge is -2.16. The molecule has 2 heterocycles. The molecule has 0 bridgehead atoms. The van der Waals surface area contributed by atoms with Gasteiger partial charge in [-0.15, -0.1) is 0 Å². The highest BCUT2D eigenvalue weighted by atomic mass is 15.2. The van der Waals surface area contributed by atoms with Gasteiger partial charge in [0.25, 0.3) is 0 Å². The Kier molecular flexibility index (Phi) is 3.24. The minimum Gasteiger partial charge on any atom is -0.373 e. The van der Waals surface area contributed by atoms with Gasteiger partial charge in [0.15, 0.2) is 0 Å². The van der Waals surface area contributed by atoms with E-state index in [9.17, 15) is 0 Å². The Labute approximate surface area is 96.3 Å². The SMILES string of the molecule is CNc1ncnc(NC2CCN(C)C2)c1C. The van der Waals surface area contributed by atoms with Crippen molar-refractivity contribution in [3.63, 3.8) is 0 Å². The second kappa shape index (κ2) is 4.65. The fraction of sp³-hybridized carbons (Fsp3) is 0.636. The molecule has 16 heavy (non-hydrogen) atoms. The number of nitrogens with one attached hydrogen (secondary N) is 2. The number of nitrogens with zero attached hydrogens (tertiary/aromatic N) is 3. The number of likely N-dealkylation sites (N-methyl/N-ethyl adjacent to an activating group) is 1. The predicted octanol–water partition coefficient (Wildman–Crippen LogP) is 0.943. The van der Waals surface area contributed by atoms with Crippen molar-refractivity contribution < 1.29 is 0 Å². The van der Waals surface area contributed by atoms with Gasteiger partial charge in [0.2, 0.25) is 0 Å². The Bertz CT molecular complexity index is 365. The summed E-state index contributed by atoms with van der Waals surface area (Å²) in [6.07, 6.45) is 2.77. The number of hydrogen-bond donors (Lipinski definition) is 2. The second-order valence-electron chi connectivity index (χ2n) is 4.34. The molecule has 5 heteroatoms. The number of aromatic nitrogens is 2. The molecular formula is C11H19N5. The summed E-state index contributed by atoms with van der Waals surface area (Å²) in [6, 6.07) is 0.503. The first-order valence-corrected chi connectivity index (χ1v) is 5.65. The molecule has 1 atom stereocenters. The molecule has 2 N–H and O–H groups in total. The van der Waals surface area contributed by atoms with Gasteiger partial charge in [-0.3, -0.25) is 0 Å². The lowest BCUT2D eigenvalue weighted by Crippen LogP contribution is -2.24. The summed E-state index contributed by atoms with van der Waals surface area (Å²) in [5, 5.41) is 6.55. The maximum atomic E-state index is 4.29. The van der Waals surface area contributed by atoms with E-state index in [4.69, 9.17) is 0 Å². The van der Waals surface area contributed by atoms with Crippen molar-refractivity contribution in [2.45, 2.75) is 19.4 Å². The normalized spacial score (nSPS) is 21.1. The Hall–Kier alpha value is -1.36. The van der Waals surface area contributed by atoms with Crippen molar-refractivity contribution in [1.29, 1.82) is 0 Å². The highest BCUT2D eigenvalue weighted by Gasteiger charge is 2.20. The molecule has 0 saturated carbocycles. The van der Waals surface area contributed by atoms with Crippen LogP contribution in [0.25, 0.3) is 0 Å². The third kappa shape index (κ3) is 2.24. The van der Waals surface area contributed by atoms with Crippen LogP contribution in [0.2, 0.25) is 0 Å². The van der Waals surface area contributed by atoms with Crippen LogP contribution in [0.15, 0.2) is 6.33 Å². The van der Waals surface area contributed by atoms with E-state index in [0.717, 1.165) is 30.3 Å². The van der Waals surface area contributed by atoms with Crippen molar-refractivity contribution in [2.75, 3.05) is 37.8 Å². The van der Waals surface area contributed by atoms with Gasteiger partial charge in [-0.25, -0.2) is 9.97 Å². The van der Waals surface area contributed by atoms with Gasteiger partial charge >= 0.3 is 0 Å². The first-order chi connectivity index (χ1) is 7.70. The molecule has 88 valence electrons. The predicted molar refractivity (Wildman–Crippen MR) is 65.8 cm³/mol. The van der Waals surface area contributed by atoms with Crippen LogP contribution in [-0.4, -0.2) is 48.1 Å². The molecule has 2 rings (SSSR count). The Morgan fingerprint density at radius 1 is 1.38 bits per heavy atom. The average molecular weight is 221 g/mol. The van der Waals surface area contributed by atoms with Crippen LogP contribution in [0.4, 0.5) is 11.6 Å². The number of rotatable bonds is 3. The molecule has 0 spiro atoms. The molecule has 1 saturated heterocycles. The highest BCUT2D eigenvalue weighted by Crippen LogP contribution is 2.20. The first kappa shape index (κ1) is 11.1. The lowest BCUT2D eigenvalue weighted by atomic mass is 10.2. The summed E-state index contributed by atoms with van der Waals surface area (Å²) < 4.78 is 0. The third-order valence-electron chi connectivity index (χ3n) is 3.05. The zero-order valence-electron chi connectivity index (χ0n) is 10.1. The van der Waals surface area contributed by atoms with Gasteiger partial charge in [0, 0.05) is 25.2 Å². The molecule has 1 aromatic rings. The maximum absolute atomic E-state index is 4.29. The minimum absolute atomic E-state index is 0.503. The van der Waals surface area contributed by atoms with Crippen molar-refractivity contribution in [3.8, 4) is 0 Å². The Morgan fingerprint density at radius 3 is 2.75 bits per heavy atom. The highest BCUT2D eigenvalue weighted by molar-refractivity contribution is 5.56. The molecule has 1 aromatic heterocycles. The minimum atomic E-state index is 0.503. The molecular weight excluding hydrogens is 202 g/mol. The summed E-state index contributed by atoms with van der Waals surface area (Å²) in [6.45, 7) is 4.27. The van der Waals surface area contributed by atoms with Crippen LogP contribution in [-0.2, 0) is 0 Å². The largest absolute Gasteiger partial charge is 0.373 e. The van der Waals surface area contributed by atoms with E-state index in [1.165, 1.54) is 6.42 Å². The summed E-state index contributed by atoms with van der Waals surface area (Å²) in [5.41, 5.74) is 1.08. The van der Waals surface area contributed by atoms with Crippen molar-refractivity contribution >= 4 is 11.6 Å². The van der Waals surface area contributed by atoms with E-state index in [2.05, 4.69) is 32.5 Å². The fourth-order valence-corrected chi connectivity index (χ4v) is 2.09. The van der Waals surface area contributed by atoms with E-state index < -0.39 is 0 Å². The maximum Gasteiger partial charge on any atom is 0.134 e. The van der Waals surface area contributed by atoms with Gasteiger partial charge in [0.1, 0.15) is 18.0 Å². The molecule has 0 amide bonds. The lowest BCUT2D eigenvalue weighted by molar-refractivity contribution is 0.414. The van der Waals surface area contributed by atoms with Crippen LogP contribution in [0.3, 0.4) is 0 Å². The monoisotopic (exact) mass is 221 g/mol. The first-order valence-electron chi connectivity index (χ1n) is 5.65. The molecule has 0 aromatic carbocycles. The zero-order chi connectivity index (χ0) is 11.5. The van der Waals surface area contributed by atoms with E-state index in [0.29, 0.717) is 6.04 Å². The van der Waals surface area contributed by atoms with Crippen molar-refractivity contribution in [3.05, 3.63) is 11.9 Å². The van der Waals surface area contributed by atoms with E-state index in [1.807, 2.05) is 14.0 Å². The van der Waals surface area contributed by atoms with Crippen molar-refractivity contribution in [2.24, 2.45) is 0 Å². The van der Waals surface area contributed by atoms with Crippen LogP contribution < -0.4 is 10.6 Å². The summed E-state index contributed by atoms with van der Waals surface area (Å²) >= 11 is 0. The van der Waals surface area contributed by atoms with Crippen LogP contribution in [0.1, 0.15) is 12.0 Å². The van der Waals surface area contributed by atoms with Gasteiger partial charge in [-0.1, -0.05) is 0 Å². The van der Waals surface area contributed by atoms with Gasteiger partial charge in [-0.05, 0) is 26.9 Å². The molecule has 0 radical (unpaired) electrons. The van der Waals surface area contributed by atoms with E-state index >= 15 is 0 Å². The summed E-state index contributed by atoms with van der Waals surface area (Å²) in [7, 11) is 4.02. The Balaban J connectivity index is 2.09. The number of likely N-dealkylation sites (tertiary alicyclic amines) is 1. The molecule has 0 aliphatic carbocycles. The van der Waals surface area contributed by atoms with Crippen LogP contribution in [0, 0.1) is 6.92 Å². The topological polar surface area (TPSA) is 53.1 Å².